The average Bonchev–Trinajstić information content (AvgIpc) is 2.88. The van der Waals surface area contributed by atoms with E-state index >= 15 is 0 Å². The lowest BCUT2D eigenvalue weighted by Crippen LogP contribution is -2.22. The van der Waals surface area contributed by atoms with Crippen molar-refractivity contribution in [3.63, 3.8) is 0 Å². The van der Waals surface area contributed by atoms with Crippen LogP contribution in [0.1, 0.15) is 15.2 Å². The molecule has 0 aliphatic rings. The molecule has 1 aromatic heterocycles. The number of carbonyl (C=O) groups is 1. The molecule has 0 bridgehead atoms. The Morgan fingerprint density at radius 1 is 1.44 bits per heavy atom. The maximum Gasteiger partial charge on any atom is 0.255 e. The first-order valence-corrected chi connectivity index (χ1v) is 6.33. The summed E-state index contributed by atoms with van der Waals surface area (Å²) in [5.74, 6) is 0.318. The zero-order valence-corrected chi connectivity index (χ0v) is 10.8. The zero-order chi connectivity index (χ0) is 13.0. The number of thiophene rings is 1. The molecular weight excluding hydrogens is 248 g/mol. The average molecular weight is 262 g/mol. The first-order valence-electron chi connectivity index (χ1n) is 5.45. The van der Waals surface area contributed by atoms with Gasteiger partial charge in [0, 0.05) is 16.6 Å². The highest BCUT2D eigenvalue weighted by molar-refractivity contribution is 7.09. The fourth-order valence-corrected chi connectivity index (χ4v) is 2.22. The van der Waals surface area contributed by atoms with E-state index < -0.39 is 0 Å². The summed E-state index contributed by atoms with van der Waals surface area (Å²) in [5.41, 5.74) is 6.70. The minimum absolute atomic E-state index is 0.166. The number of nitrogens with two attached hydrogens (primary N) is 1. The summed E-state index contributed by atoms with van der Waals surface area (Å²) in [5, 5.41) is 4.82. The van der Waals surface area contributed by atoms with Gasteiger partial charge in [-0.1, -0.05) is 6.07 Å². The van der Waals surface area contributed by atoms with Gasteiger partial charge in [-0.2, -0.15) is 0 Å². The number of benzene rings is 1. The number of anilines is 1. The Hall–Kier alpha value is -2.01. The summed E-state index contributed by atoms with van der Waals surface area (Å²) < 4.78 is 5.15. The van der Waals surface area contributed by atoms with Crippen LogP contribution >= 0.6 is 11.3 Å². The lowest BCUT2D eigenvalue weighted by Gasteiger charge is -2.09. The lowest BCUT2D eigenvalue weighted by atomic mass is 10.1. The molecule has 0 saturated heterocycles. The molecule has 0 fully saturated rings. The van der Waals surface area contributed by atoms with E-state index in [4.69, 9.17) is 10.5 Å². The van der Waals surface area contributed by atoms with E-state index in [1.807, 2.05) is 17.5 Å². The topological polar surface area (TPSA) is 64.3 Å². The molecular formula is C13H14N2O2S. The number of amides is 1. The highest BCUT2D eigenvalue weighted by Crippen LogP contribution is 2.21. The van der Waals surface area contributed by atoms with E-state index in [1.54, 1.807) is 29.5 Å². The minimum Gasteiger partial charge on any atom is -0.496 e. The SMILES string of the molecule is COc1cc(N)ccc1C(=O)NCc1cccs1. The predicted molar refractivity (Wildman–Crippen MR) is 72.9 cm³/mol. The number of rotatable bonds is 4. The van der Waals surface area contributed by atoms with Crippen LogP contribution in [0, 0.1) is 0 Å². The van der Waals surface area contributed by atoms with Crippen molar-refractivity contribution < 1.29 is 9.53 Å². The summed E-state index contributed by atoms with van der Waals surface area (Å²) >= 11 is 1.61. The van der Waals surface area contributed by atoms with Gasteiger partial charge in [0.15, 0.2) is 0 Å². The van der Waals surface area contributed by atoms with Crippen LogP contribution in [-0.4, -0.2) is 13.0 Å². The van der Waals surface area contributed by atoms with Crippen LogP contribution in [0.5, 0.6) is 5.75 Å². The van der Waals surface area contributed by atoms with E-state index in [2.05, 4.69) is 5.32 Å². The predicted octanol–water partition coefficient (Wildman–Crippen LogP) is 2.27. The second-order valence-corrected chi connectivity index (χ2v) is 4.75. The molecule has 0 aliphatic carbocycles. The van der Waals surface area contributed by atoms with Crippen molar-refractivity contribution >= 4 is 22.9 Å². The molecule has 2 aromatic rings. The van der Waals surface area contributed by atoms with Gasteiger partial charge in [-0.15, -0.1) is 11.3 Å². The fraction of sp³-hybridized carbons (Fsp3) is 0.154. The van der Waals surface area contributed by atoms with Crippen LogP contribution in [0.3, 0.4) is 0 Å². The highest BCUT2D eigenvalue weighted by atomic mass is 32.1. The minimum atomic E-state index is -0.166. The Morgan fingerprint density at radius 3 is 2.94 bits per heavy atom. The van der Waals surface area contributed by atoms with Gasteiger partial charge in [-0.25, -0.2) is 0 Å². The molecule has 4 nitrogen and oxygen atoms in total. The van der Waals surface area contributed by atoms with Crippen LogP contribution < -0.4 is 15.8 Å². The maximum atomic E-state index is 12.0. The first-order chi connectivity index (χ1) is 8.70. The van der Waals surface area contributed by atoms with E-state index in [1.165, 1.54) is 7.11 Å². The van der Waals surface area contributed by atoms with Crippen molar-refractivity contribution in [1.82, 2.24) is 5.32 Å². The van der Waals surface area contributed by atoms with Crippen LogP contribution in [0.15, 0.2) is 35.7 Å². The zero-order valence-electron chi connectivity index (χ0n) is 9.97. The number of hydrogen-bond donors (Lipinski definition) is 2. The van der Waals surface area contributed by atoms with Crippen molar-refractivity contribution in [2.45, 2.75) is 6.54 Å². The Bertz CT molecular complexity index is 538. The number of hydrogen-bond acceptors (Lipinski definition) is 4. The maximum absolute atomic E-state index is 12.0. The van der Waals surface area contributed by atoms with Gasteiger partial charge < -0.3 is 15.8 Å². The lowest BCUT2D eigenvalue weighted by molar-refractivity contribution is 0.0948. The molecule has 1 amide bonds. The van der Waals surface area contributed by atoms with E-state index in [0.29, 0.717) is 23.5 Å². The van der Waals surface area contributed by atoms with Crippen molar-refractivity contribution in [3.8, 4) is 5.75 Å². The van der Waals surface area contributed by atoms with Crippen LogP contribution in [0.2, 0.25) is 0 Å². The number of methoxy groups -OCH3 is 1. The van der Waals surface area contributed by atoms with Crippen molar-refractivity contribution in [3.05, 3.63) is 46.2 Å². The van der Waals surface area contributed by atoms with Crippen molar-refractivity contribution in [1.29, 1.82) is 0 Å². The number of nitrogen functional groups attached to an aromatic ring is 1. The number of carbonyl (C=O) groups excluding carboxylic acids is 1. The second kappa shape index (κ2) is 5.55. The molecule has 0 spiro atoms. The van der Waals surface area contributed by atoms with Gasteiger partial charge in [0.05, 0.1) is 19.2 Å². The number of nitrogens with one attached hydrogen (secondary N) is 1. The first kappa shape index (κ1) is 12.4. The van der Waals surface area contributed by atoms with Gasteiger partial charge in [0.2, 0.25) is 0 Å². The largest absolute Gasteiger partial charge is 0.496 e. The Morgan fingerprint density at radius 2 is 2.28 bits per heavy atom. The molecule has 0 unspecified atom stereocenters. The standard InChI is InChI=1S/C13H14N2O2S/c1-17-12-7-9(14)4-5-11(12)13(16)15-8-10-3-2-6-18-10/h2-7H,8,14H2,1H3,(H,15,16). The molecule has 3 N–H and O–H groups in total. The third kappa shape index (κ3) is 2.81. The molecule has 2 rings (SSSR count). The third-order valence-electron chi connectivity index (χ3n) is 2.47. The fourth-order valence-electron chi connectivity index (χ4n) is 1.57. The van der Waals surface area contributed by atoms with E-state index in [9.17, 15) is 4.79 Å². The van der Waals surface area contributed by atoms with Gasteiger partial charge in [-0.3, -0.25) is 4.79 Å². The molecule has 0 saturated carbocycles. The van der Waals surface area contributed by atoms with Gasteiger partial charge in [0.1, 0.15) is 5.75 Å². The number of ether oxygens (including phenoxy) is 1. The van der Waals surface area contributed by atoms with E-state index in [-0.39, 0.29) is 5.91 Å². The quantitative estimate of drug-likeness (QED) is 0.831. The van der Waals surface area contributed by atoms with Crippen LogP contribution in [0.25, 0.3) is 0 Å². The molecule has 1 heterocycles. The normalized spacial score (nSPS) is 10.1. The molecule has 5 heteroatoms. The molecule has 1 aromatic carbocycles. The molecule has 0 aliphatic heterocycles. The Balaban J connectivity index is 2.09. The second-order valence-electron chi connectivity index (χ2n) is 3.72. The molecule has 0 radical (unpaired) electrons. The van der Waals surface area contributed by atoms with Crippen LogP contribution in [-0.2, 0) is 6.54 Å². The highest BCUT2D eigenvalue weighted by Gasteiger charge is 2.12. The van der Waals surface area contributed by atoms with Crippen molar-refractivity contribution in [2.75, 3.05) is 12.8 Å². The van der Waals surface area contributed by atoms with Gasteiger partial charge in [-0.05, 0) is 23.6 Å². The smallest absolute Gasteiger partial charge is 0.255 e. The van der Waals surface area contributed by atoms with Crippen molar-refractivity contribution in [2.24, 2.45) is 0 Å². The monoisotopic (exact) mass is 262 g/mol. The summed E-state index contributed by atoms with van der Waals surface area (Å²) in [7, 11) is 1.52. The summed E-state index contributed by atoms with van der Waals surface area (Å²) in [6.07, 6.45) is 0. The third-order valence-corrected chi connectivity index (χ3v) is 3.35. The summed E-state index contributed by atoms with van der Waals surface area (Å²) in [6, 6.07) is 8.92. The van der Waals surface area contributed by atoms with Crippen LogP contribution in [0.4, 0.5) is 5.69 Å². The molecule has 0 atom stereocenters. The van der Waals surface area contributed by atoms with Gasteiger partial charge >= 0.3 is 0 Å². The molecule has 94 valence electrons. The van der Waals surface area contributed by atoms with Gasteiger partial charge in [0.25, 0.3) is 5.91 Å². The molecule has 18 heavy (non-hydrogen) atoms. The van der Waals surface area contributed by atoms with E-state index in [0.717, 1.165) is 4.88 Å². The Labute approximate surface area is 109 Å². The summed E-state index contributed by atoms with van der Waals surface area (Å²) in [4.78, 5) is 13.1. The Kier molecular flexibility index (Phi) is 3.84. The summed E-state index contributed by atoms with van der Waals surface area (Å²) in [6.45, 7) is 0.518.